The zero-order chi connectivity index (χ0) is 25.0. The minimum atomic E-state index is -1.21. The Hall–Kier alpha value is -3.33. The van der Waals surface area contributed by atoms with Gasteiger partial charge in [-0.05, 0) is 68.2 Å². The number of aromatic amines is 2. The average molecular weight is 485 g/mol. The number of halogens is 1. The maximum atomic E-state index is 14.3. The van der Waals surface area contributed by atoms with Crippen LogP contribution in [0, 0.1) is 11.7 Å². The van der Waals surface area contributed by atoms with E-state index >= 15 is 0 Å². The Morgan fingerprint density at radius 1 is 1.29 bits per heavy atom. The minimum Gasteiger partial charge on any atom is -0.490 e. The Morgan fingerprint density at radius 3 is 2.77 bits per heavy atom. The Kier molecular flexibility index (Phi) is 7.45. The summed E-state index contributed by atoms with van der Waals surface area (Å²) in [5.74, 6) is 0.255. The van der Waals surface area contributed by atoms with E-state index in [2.05, 4.69) is 16.7 Å². The third-order valence-corrected chi connectivity index (χ3v) is 6.70. The molecule has 1 aliphatic rings. The summed E-state index contributed by atoms with van der Waals surface area (Å²) in [5, 5.41) is 14.7. The lowest BCUT2D eigenvalue weighted by Gasteiger charge is -2.33. The molecule has 0 spiro atoms. The molecule has 0 radical (unpaired) electrons. The largest absolute Gasteiger partial charge is 0.490 e. The summed E-state index contributed by atoms with van der Waals surface area (Å²) in [6.07, 6.45) is 8.18. The van der Waals surface area contributed by atoms with Gasteiger partial charge < -0.3 is 14.4 Å². The molecule has 8 nitrogen and oxygen atoms in total. The van der Waals surface area contributed by atoms with Crippen molar-refractivity contribution in [3.8, 4) is 5.75 Å². The third-order valence-electron chi connectivity index (χ3n) is 6.70. The lowest BCUT2D eigenvalue weighted by atomic mass is 9.90. The highest BCUT2D eigenvalue weighted by Gasteiger charge is 2.31. The van der Waals surface area contributed by atoms with Gasteiger partial charge in [0.05, 0.1) is 24.5 Å². The minimum absolute atomic E-state index is 0.179. The van der Waals surface area contributed by atoms with Crippen LogP contribution in [0.3, 0.4) is 0 Å². The number of hydrogen-bond acceptors (Lipinski definition) is 4. The number of H-pyrrole nitrogens is 2. The summed E-state index contributed by atoms with van der Waals surface area (Å²) in [6, 6.07) is 5.91. The molecule has 0 aliphatic heterocycles. The summed E-state index contributed by atoms with van der Waals surface area (Å²) in [4.78, 5) is 25.3. The number of aliphatic hydroxyl groups is 1. The molecule has 35 heavy (non-hydrogen) atoms. The SMILES string of the molecule is C=Cc1[nH]n(C[C@](O)(CC)c2ccc(F)c(OCC3CC3)c2)c1CCCCn1ccc(=O)[nH]c1=O. The smallest absolute Gasteiger partial charge is 0.328 e. The first-order valence-electron chi connectivity index (χ1n) is 12.2. The van der Waals surface area contributed by atoms with Crippen molar-refractivity contribution >= 4 is 6.08 Å². The van der Waals surface area contributed by atoms with Gasteiger partial charge in [0.1, 0.15) is 5.60 Å². The second-order valence-electron chi connectivity index (χ2n) is 9.31. The zero-order valence-corrected chi connectivity index (χ0v) is 20.1. The van der Waals surface area contributed by atoms with Crippen LogP contribution < -0.4 is 16.0 Å². The van der Waals surface area contributed by atoms with E-state index in [9.17, 15) is 19.1 Å². The fraction of sp³-hybridized carbons (Fsp3) is 0.462. The molecule has 1 aliphatic carbocycles. The molecule has 2 aromatic heterocycles. The molecule has 1 fully saturated rings. The first-order chi connectivity index (χ1) is 16.8. The van der Waals surface area contributed by atoms with E-state index in [4.69, 9.17) is 4.74 Å². The Bertz CT molecular complexity index is 1280. The van der Waals surface area contributed by atoms with Gasteiger partial charge in [0, 0.05) is 18.8 Å². The van der Waals surface area contributed by atoms with Crippen molar-refractivity contribution in [2.75, 3.05) is 6.61 Å². The standard InChI is InChI=1S/C26H33FN4O4/c1-3-21-22(7-5-6-13-30-14-12-24(32)28-25(30)33)31(29-21)17-26(34,4-2)19-10-11-20(27)23(15-19)35-16-18-8-9-18/h3,10-12,14-15,18,29,34H,1,4-9,13,16-17H2,2H3,(H,28,32,33)/t26-/m1/s1. The van der Waals surface area contributed by atoms with Crippen LogP contribution >= 0.6 is 0 Å². The molecule has 3 N–H and O–H groups in total. The van der Waals surface area contributed by atoms with E-state index in [1.807, 2.05) is 11.6 Å². The number of aryl methyl sites for hydroxylation is 1. The van der Waals surface area contributed by atoms with Crippen LogP contribution in [-0.2, 0) is 25.1 Å². The van der Waals surface area contributed by atoms with E-state index in [1.165, 1.54) is 22.9 Å². The molecule has 1 saturated carbocycles. The summed E-state index contributed by atoms with van der Waals surface area (Å²) in [6.45, 7) is 7.03. The van der Waals surface area contributed by atoms with Crippen LogP contribution in [0.5, 0.6) is 5.75 Å². The van der Waals surface area contributed by atoms with Gasteiger partial charge in [-0.1, -0.05) is 19.6 Å². The van der Waals surface area contributed by atoms with E-state index in [-0.39, 0.29) is 12.3 Å². The molecule has 3 aromatic rings. The molecule has 0 amide bonds. The van der Waals surface area contributed by atoms with Crippen LogP contribution in [0.4, 0.5) is 4.39 Å². The van der Waals surface area contributed by atoms with E-state index in [0.717, 1.165) is 43.5 Å². The van der Waals surface area contributed by atoms with Gasteiger partial charge in [-0.15, -0.1) is 0 Å². The van der Waals surface area contributed by atoms with Crippen LogP contribution in [0.2, 0.25) is 0 Å². The second-order valence-corrected chi connectivity index (χ2v) is 9.31. The second kappa shape index (κ2) is 10.5. The van der Waals surface area contributed by atoms with E-state index in [1.54, 1.807) is 18.2 Å². The predicted octanol–water partition coefficient (Wildman–Crippen LogP) is 3.56. The summed E-state index contributed by atoms with van der Waals surface area (Å²) in [5.41, 5.74) is 0.500. The number of rotatable bonds is 13. The first-order valence-corrected chi connectivity index (χ1v) is 12.2. The number of aromatic nitrogens is 4. The number of benzene rings is 1. The van der Waals surface area contributed by atoms with Crippen molar-refractivity contribution in [3.05, 3.63) is 80.6 Å². The molecule has 0 bridgehead atoms. The lowest BCUT2D eigenvalue weighted by molar-refractivity contribution is 0.00772. The van der Waals surface area contributed by atoms with Crippen LogP contribution in [0.15, 0.2) is 46.6 Å². The van der Waals surface area contributed by atoms with Gasteiger partial charge >= 0.3 is 5.69 Å². The molecule has 0 unspecified atom stereocenters. The summed E-state index contributed by atoms with van der Waals surface area (Å²) < 4.78 is 23.3. The number of nitrogens with one attached hydrogen (secondary N) is 2. The lowest BCUT2D eigenvalue weighted by Crippen LogP contribution is -2.35. The fourth-order valence-electron chi connectivity index (χ4n) is 4.20. The molecule has 1 atom stereocenters. The molecular weight excluding hydrogens is 451 g/mol. The maximum absolute atomic E-state index is 14.3. The highest BCUT2D eigenvalue weighted by atomic mass is 19.1. The first kappa shape index (κ1) is 24.8. The molecule has 0 saturated heterocycles. The average Bonchev–Trinajstić information content (AvgIpc) is 3.66. The van der Waals surface area contributed by atoms with Gasteiger partial charge in [-0.2, -0.15) is 0 Å². The number of unbranched alkanes of at least 4 members (excludes halogenated alkanes) is 1. The number of hydrogen-bond donors (Lipinski definition) is 3. The zero-order valence-electron chi connectivity index (χ0n) is 20.1. The summed E-state index contributed by atoms with van der Waals surface area (Å²) in [7, 11) is 0. The molecule has 4 rings (SSSR count). The molecule has 9 heteroatoms. The maximum Gasteiger partial charge on any atom is 0.328 e. The number of nitrogens with zero attached hydrogens (tertiary/aromatic N) is 2. The van der Waals surface area contributed by atoms with E-state index in [0.29, 0.717) is 31.1 Å². The highest BCUT2D eigenvalue weighted by Crippen LogP contribution is 2.34. The quantitative estimate of drug-likeness (QED) is 0.323. The van der Waals surface area contributed by atoms with Crippen molar-refractivity contribution < 1.29 is 14.2 Å². The Balaban J connectivity index is 1.42. The monoisotopic (exact) mass is 484 g/mol. The van der Waals surface area contributed by atoms with Gasteiger partial charge in [0.2, 0.25) is 0 Å². The van der Waals surface area contributed by atoms with Crippen molar-refractivity contribution in [1.82, 2.24) is 19.3 Å². The van der Waals surface area contributed by atoms with Crippen molar-refractivity contribution in [1.29, 1.82) is 0 Å². The predicted molar refractivity (Wildman–Crippen MR) is 132 cm³/mol. The van der Waals surface area contributed by atoms with Crippen LogP contribution in [0.1, 0.15) is 56.0 Å². The number of ether oxygens (including phenoxy) is 1. The van der Waals surface area contributed by atoms with Crippen molar-refractivity contribution in [3.63, 3.8) is 0 Å². The summed E-state index contributed by atoms with van der Waals surface area (Å²) >= 11 is 0. The van der Waals surface area contributed by atoms with Gasteiger partial charge in [-0.25, -0.2) is 9.18 Å². The normalized spacial score (nSPS) is 15.2. The van der Waals surface area contributed by atoms with Gasteiger partial charge in [0.25, 0.3) is 5.56 Å². The van der Waals surface area contributed by atoms with E-state index < -0.39 is 22.7 Å². The Morgan fingerprint density at radius 2 is 2.09 bits per heavy atom. The molecule has 1 aromatic carbocycles. The molecule has 2 heterocycles. The van der Waals surface area contributed by atoms with Gasteiger partial charge in [-0.3, -0.25) is 19.6 Å². The molecule has 188 valence electrons. The third kappa shape index (κ3) is 5.85. The molecular formula is C26H33FN4O4. The highest BCUT2D eigenvalue weighted by molar-refractivity contribution is 5.46. The van der Waals surface area contributed by atoms with Crippen LogP contribution in [-0.4, -0.2) is 31.0 Å². The van der Waals surface area contributed by atoms with Crippen molar-refractivity contribution in [2.24, 2.45) is 5.92 Å². The van der Waals surface area contributed by atoms with Crippen molar-refractivity contribution in [2.45, 2.75) is 64.1 Å². The van der Waals surface area contributed by atoms with Gasteiger partial charge in [0.15, 0.2) is 11.6 Å². The fourth-order valence-corrected chi connectivity index (χ4v) is 4.20. The van der Waals surface area contributed by atoms with Crippen LogP contribution in [0.25, 0.3) is 6.08 Å². The Labute approximate surface area is 203 Å². The topological polar surface area (TPSA) is 105 Å².